The van der Waals surface area contributed by atoms with E-state index in [0.29, 0.717) is 22.6 Å². The van der Waals surface area contributed by atoms with Crippen LogP contribution in [0.5, 0.6) is 0 Å². The van der Waals surface area contributed by atoms with Crippen molar-refractivity contribution in [2.24, 2.45) is 0 Å². The van der Waals surface area contributed by atoms with E-state index in [2.05, 4.69) is 35.9 Å². The van der Waals surface area contributed by atoms with Crippen molar-refractivity contribution in [1.82, 2.24) is 10.1 Å². The fraction of sp³-hybridized carbons (Fsp3) is 0. The molecule has 0 radical (unpaired) electrons. The van der Waals surface area contributed by atoms with Gasteiger partial charge in [-0.1, -0.05) is 27.2 Å². The summed E-state index contributed by atoms with van der Waals surface area (Å²) >= 11 is 3.33. The Morgan fingerprint density at radius 2 is 1.95 bits per heavy atom. The monoisotopic (exact) mass is 359 g/mol. The number of benzene rings is 2. The van der Waals surface area contributed by atoms with E-state index in [0.717, 1.165) is 4.47 Å². The Bertz CT molecular complexity index is 868. The Balaban J connectivity index is 1.76. The average molecular weight is 360 g/mol. The molecule has 3 rings (SSSR count). The molecule has 2 aromatic carbocycles. The average Bonchev–Trinajstić information content (AvgIpc) is 2.94. The number of hydrogen-bond acceptors (Lipinski definition) is 4. The van der Waals surface area contributed by atoms with Crippen LogP contribution in [0.15, 0.2) is 62.3 Å². The second-order valence-corrected chi connectivity index (χ2v) is 5.40. The van der Waals surface area contributed by atoms with Gasteiger partial charge in [-0.3, -0.25) is 14.3 Å². The van der Waals surface area contributed by atoms with Crippen LogP contribution in [-0.2, 0) is 0 Å². The van der Waals surface area contributed by atoms with Gasteiger partial charge < -0.3 is 5.32 Å². The maximum atomic E-state index is 12.1. The van der Waals surface area contributed by atoms with Crippen LogP contribution in [-0.4, -0.2) is 16.0 Å². The lowest BCUT2D eigenvalue weighted by Crippen LogP contribution is -2.11. The Kier molecular flexibility index (Phi) is 3.88. The molecule has 1 amide bonds. The van der Waals surface area contributed by atoms with E-state index in [1.54, 1.807) is 42.5 Å². The van der Waals surface area contributed by atoms with Crippen molar-refractivity contribution >= 4 is 27.5 Å². The van der Waals surface area contributed by atoms with Crippen LogP contribution in [0.25, 0.3) is 11.4 Å². The van der Waals surface area contributed by atoms with Crippen LogP contribution in [0.2, 0.25) is 0 Å². The number of hydrogen-bond donors (Lipinski definition) is 2. The van der Waals surface area contributed by atoms with Gasteiger partial charge in [0, 0.05) is 21.3 Å². The summed E-state index contributed by atoms with van der Waals surface area (Å²) in [4.78, 5) is 25.5. The number of nitrogens with zero attached hydrogens (tertiary/aromatic N) is 1. The van der Waals surface area contributed by atoms with Crippen molar-refractivity contribution in [3.8, 4) is 11.4 Å². The molecule has 3 aromatic rings. The summed E-state index contributed by atoms with van der Waals surface area (Å²) in [5.74, 6) is -0.471. The molecule has 2 N–H and O–H groups in total. The first kappa shape index (κ1) is 14.3. The van der Waals surface area contributed by atoms with Crippen LogP contribution in [0, 0.1) is 0 Å². The van der Waals surface area contributed by atoms with E-state index in [4.69, 9.17) is 0 Å². The summed E-state index contributed by atoms with van der Waals surface area (Å²) in [5, 5.41) is 6.39. The summed E-state index contributed by atoms with van der Waals surface area (Å²) in [6.45, 7) is 0. The number of rotatable bonds is 3. The first-order valence-corrected chi connectivity index (χ1v) is 7.14. The summed E-state index contributed by atoms with van der Waals surface area (Å²) in [6.07, 6.45) is 0. The number of carbonyl (C=O) groups excluding carboxylic acids is 1. The van der Waals surface area contributed by atoms with Gasteiger partial charge in [0.25, 0.3) is 5.91 Å². The van der Waals surface area contributed by atoms with Crippen molar-refractivity contribution in [2.45, 2.75) is 0 Å². The van der Waals surface area contributed by atoms with E-state index in [1.165, 1.54) is 0 Å². The van der Waals surface area contributed by atoms with Crippen LogP contribution >= 0.6 is 15.9 Å². The Labute approximate surface area is 133 Å². The fourth-order valence-electron chi connectivity index (χ4n) is 1.90. The Morgan fingerprint density at radius 1 is 1.18 bits per heavy atom. The smallest absolute Gasteiger partial charge is 0.322 e. The Hall–Kier alpha value is -2.67. The molecule has 110 valence electrons. The van der Waals surface area contributed by atoms with E-state index in [-0.39, 0.29) is 5.91 Å². The molecular formula is C15H10BrN3O3. The second-order valence-electron chi connectivity index (χ2n) is 4.49. The minimum Gasteiger partial charge on any atom is -0.322 e. The third-order valence-corrected chi connectivity index (χ3v) is 3.44. The number of aromatic amines is 1. The van der Waals surface area contributed by atoms with Gasteiger partial charge in [0.05, 0.1) is 0 Å². The molecule has 22 heavy (non-hydrogen) atoms. The Morgan fingerprint density at radius 3 is 2.59 bits per heavy atom. The normalized spacial score (nSPS) is 10.4. The molecule has 0 unspecified atom stereocenters. The van der Waals surface area contributed by atoms with E-state index in [9.17, 15) is 9.59 Å². The van der Waals surface area contributed by atoms with Gasteiger partial charge in [-0.15, -0.1) is 0 Å². The molecule has 0 aliphatic carbocycles. The highest BCUT2D eigenvalue weighted by Gasteiger charge is 2.08. The molecule has 0 bridgehead atoms. The molecule has 0 spiro atoms. The predicted octanol–water partition coefficient (Wildman–Crippen LogP) is 3.04. The van der Waals surface area contributed by atoms with Gasteiger partial charge >= 0.3 is 5.76 Å². The minimum absolute atomic E-state index is 0.205. The lowest BCUT2D eigenvalue weighted by molar-refractivity contribution is 0.102. The van der Waals surface area contributed by atoms with Gasteiger partial charge in [0.2, 0.25) is 0 Å². The highest BCUT2D eigenvalue weighted by Crippen LogP contribution is 2.18. The zero-order chi connectivity index (χ0) is 15.5. The third kappa shape index (κ3) is 3.15. The van der Waals surface area contributed by atoms with Crippen LogP contribution < -0.4 is 11.1 Å². The van der Waals surface area contributed by atoms with Crippen molar-refractivity contribution < 1.29 is 9.32 Å². The zero-order valence-corrected chi connectivity index (χ0v) is 12.8. The molecule has 6 nitrogen and oxygen atoms in total. The lowest BCUT2D eigenvalue weighted by atomic mass is 10.1. The number of H-pyrrole nitrogens is 1. The van der Waals surface area contributed by atoms with Crippen molar-refractivity contribution in [3.05, 3.63) is 69.1 Å². The number of amides is 1. The van der Waals surface area contributed by atoms with E-state index >= 15 is 0 Å². The van der Waals surface area contributed by atoms with Gasteiger partial charge in [-0.05, 0) is 42.5 Å². The van der Waals surface area contributed by atoms with Gasteiger partial charge in [-0.2, -0.15) is 0 Å². The van der Waals surface area contributed by atoms with Gasteiger partial charge in [0.1, 0.15) is 0 Å². The SMILES string of the molecule is O=C(Nc1ccc(-c2noc(=O)[nH]2)cc1)c1cccc(Br)c1. The highest BCUT2D eigenvalue weighted by molar-refractivity contribution is 9.10. The summed E-state index contributed by atoms with van der Waals surface area (Å²) in [7, 11) is 0. The maximum Gasteiger partial charge on any atom is 0.439 e. The number of anilines is 1. The zero-order valence-electron chi connectivity index (χ0n) is 11.2. The molecular weight excluding hydrogens is 350 g/mol. The predicted molar refractivity (Wildman–Crippen MR) is 84.7 cm³/mol. The van der Waals surface area contributed by atoms with Crippen LogP contribution in [0.1, 0.15) is 10.4 Å². The fourth-order valence-corrected chi connectivity index (χ4v) is 2.30. The lowest BCUT2D eigenvalue weighted by Gasteiger charge is -2.06. The van der Waals surface area contributed by atoms with Crippen molar-refractivity contribution in [2.75, 3.05) is 5.32 Å². The molecule has 0 aliphatic rings. The van der Waals surface area contributed by atoms with E-state index in [1.807, 2.05) is 6.07 Å². The largest absolute Gasteiger partial charge is 0.439 e. The number of carbonyl (C=O) groups is 1. The molecule has 0 saturated heterocycles. The maximum absolute atomic E-state index is 12.1. The van der Waals surface area contributed by atoms with Crippen molar-refractivity contribution in [1.29, 1.82) is 0 Å². The number of aromatic nitrogens is 2. The minimum atomic E-state index is -0.609. The van der Waals surface area contributed by atoms with Gasteiger partial charge in [0.15, 0.2) is 5.82 Å². The summed E-state index contributed by atoms with van der Waals surface area (Å²) < 4.78 is 5.29. The molecule has 0 saturated carbocycles. The standard InChI is InChI=1S/C15H10BrN3O3/c16-11-3-1-2-10(8-11)14(20)17-12-6-4-9(5-7-12)13-18-15(21)22-19-13/h1-8H,(H,17,20)(H,18,19,21). The quantitative estimate of drug-likeness (QED) is 0.752. The van der Waals surface area contributed by atoms with E-state index < -0.39 is 5.76 Å². The summed E-state index contributed by atoms with van der Waals surface area (Å²) in [5.41, 5.74) is 1.88. The molecule has 1 aromatic heterocycles. The topological polar surface area (TPSA) is 88.0 Å². The molecule has 1 heterocycles. The first-order valence-electron chi connectivity index (χ1n) is 6.35. The molecule has 0 aliphatic heterocycles. The summed E-state index contributed by atoms with van der Waals surface area (Å²) in [6, 6.07) is 14.0. The van der Waals surface area contributed by atoms with Crippen LogP contribution in [0.4, 0.5) is 5.69 Å². The van der Waals surface area contributed by atoms with Crippen molar-refractivity contribution in [3.63, 3.8) is 0 Å². The highest BCUT2D eigenvalue weighted by atomic mass is 79.9. The number of halogens is 1. The number of nitrogens with one attached hydrogen (secondary N) is 2. The molecule has 0 fully saturated rings. The van der Waals surface area contributed by atoms with Gasteiger partial charge in [-0.25, -0.2) is 4.79 Å². The second kappa shape index (κ2) is 5.98. The molecule has 0 atom stereocenters. The molecule has 7 heteroatoms. The third-order valence-electron chi connectivity index (χ3n) is 2.94. The first-order chi connectivity index (χ1) is 10.6. The van der Waals surface area contributed by atoms with Crippen LogP contribution in [0.3, 0.4) is 0 Å².